The molecule has 31 heavy (non-hydrogen) atoms. The number of nitrogens with zero attached hydrogens (tertiary/aromatic N) is 4. The van der Waals surface area contributed by atoms with Crippen LogP contribution < -0.4 is 10.3 Å². The lowest BCUT2D eigenvalue weighted by Crippen LogP contribution is -2.53. The Balaban J connectivity index is 1.29. The topological polar surface area (TPSA) is 86.4 Å². The summed E-state index contributed by atoms with van der Waals surface area (Å²) in [6, 6.07) is 15.2. The predicted molar refractivity (Wildman–Crippen MR) is 112 cm³/mol. The van der Waals surface area contributed by atoms with Crippen molar-refractivity contribution in [2.24, 2.45) is 0 Å². The number of likely N-dealkylation sites (tertiary alicyclic amines) is 1. The molecule has 3 heterocycles. The zero-order valence-electron chi connectivity index (χ0n) is 16.5. The first kappa shape index (κ1) is 19.0. The number of imidazole rings is 1. The Morgan fingerprint density at radius 1 is 1.16 bits per heavy atom. The van der Waals surface area contributed by atoms with Gasteiger partial charge in [0.2, 0.25) is 0 Å². The molecule has 0 radical (unpaired) electrons. The molecule has 0 unspecified atom stereocenters. The Morgan fingerprint density at radius 3 is 2.61 bits per heavy atom. The third-order valence-electron chi connectivity index (χ3n) is 5.29. The molecule has 4 aromatic rings. The van der Waals surface area contributed by atoms with Crippen molar-refractivity contribution in [1.82, 2.24) is 19.3 Å². The Kier molecular flexibility index (Phi) is 4.73. The lowest BCUT2D eigenvalue weighted by molar-refractivity contribution is 0.0137. The second kappa shape index (κ2) is 7.70. The molecule has 0 atom stereocenters. The number of hydrogen-bond acceptors (Lipinski definition) is 5. The van der Waals surface area contributed by atoms with Gasteiger partial charge in [-0.15, -0.1) is 0 Å². The van der Waals surface area contributed by atoms with Gasteiger partial charge >= 0.3 is 0 Å². The van der Waals surface area contributed by atoms with Crippen molar-refractivity contribution >= 4 is 5.52 Å². The molecule has 1 aliphatic rings. The van der Waals surface area contributed by atoms with Gasteiger partial charge in [-0.3, -0.25) is 14.1 Å². The molecule has 0 spiro atoms. The second-order valence-electron chi connectivity index (χ2n) is 7.52. The standard InChI is InChI=1S/C23H18FN5O2/c24-17-5-3-16(4-6-17)22-26-10-21-23(30)27-18(12-29(21)22)11-28-13-20(14-28)31-19-7-1-15(9-25)2-8-19/h1-8,10,12,20H,11,13-14H2,(H,27,30). The van der Waals surface area contributed by atoms with Gasteiger partial charge in [0.15, 0.2) is 0 Å². The molecule has 0 amide bonds. The summed E-state index contributed by atoms with van der Waals surface area (Å²) in [6.45, 7) is 2.03. The maximum absolute atomic E-state index is 13.3. The average molecular weight is 415 g/mol. The number of halogens is 1. The van der Waals surface area contributed by atoms with Crippen LogP contribution in [0.3, 0.4) is 0 Å². The van der Waals surface area contributed by atoms with Crippen LogP contribution in [-0.2, 0) is 6.54 Å². The summed E-state index contributed by atoms with van der Waals surface area (Å²) in [5.41, 5.74) is 2.31. The first-order valence-corrected chi connectivity index (χ1v) is 9.83. The van der Waals surface area contributed by atoms with Gasteiger partial charge in [0.05, 0.1) is 17.8 Å². The number of nitriles is 1. The maximum atomic E-state index is 13.3. The highest BCUT2D eigenvalue weighted by Crippen LogP contribution is 2.22. The molecule has 7 nitrogen and oxygen atoms in total. The number of hydrogen-bond donors (Lipinski definition) is 1. The molecule has 154 valence electrons. The zero-order chi connectivity index (χ0) is 21.4. The van der Waals surface area contributed by atoms with Crippen LogP contribution in [0.2, 0.25) is 0 Å². The lowest BCUT2D eigenvalue weighted by Gasteiger charge is -2.38. The van der Waals surface area contributed by atoms with Crippen LogP contribution in [0.15, 0.2) is 65.7 Å². The maximum Gasteiger partial charge on any atom is 0.274 e. The van der Waals surface area contributed by atoms with E-state index in [1.807, 2.05) is 6.20 Å². The van der Waals surface area contributed by atoms with Gasteiger partial charge in [-0.05, 0) is 48.5 Å². The van der Waals surface area contributed by atoms with E-state index in [-0.39, 0.29) is 17.5 Å². The van der Waals surface area contributed by atoms with Gasteiger partial charge < -0.3 is 9.72 Å². The summed E-state index contributed by atoms with van der Waals surface area (Å²) in [5, 5.41) is 8.86. The van der Waals surface area contributed by atoms with Gasteiger partial charge in [-0.1, -0.05) is 0 Å². The summed E-state index contributed by atoms with van der Waals surface area (Å²) in [5.74, 6) is 1.01. The number of benzene rings is 2. The van der Waals surface area contributed by atoms with Crippen molar-refractivity contribution in [3.8, 4) is 23.2 Å². The fourth-order valence-corrected chi connectivity index (χ4v) is 3.72. The van der Waals surface area contributed by atoms with Crippen molar-refractivity contribution in [3.63, 3.8) is 0 Å². The van der Waals surface area contributed by atoms with Crippen molar-refractivity contribution in [1.29, 1.82) is 5.26 Å². The number of aromatic nitrogens is 3. The van der Waals surface area contributed by atoms with Crippen LogP contribution in [0.25, 0.3) is 16.9 Å². The number of fused-ring (bicyclic) bond motifs is 1. The fraction of sp³-hybridized carbons (Fsp3) is 0.174. The molecule has 0 saturated carbocycles. The van der Waals surface area contributed by atoms with Gasteiger partial charge in [-0.2, -0.15) is 5.26 Å². The first-order chi connectivity index (χ1) is 15.1. The normalized spacial score (nSPS) is 14.3. The Hall–Kier alpha value is -3.96. The van der Waals surface area contributed by atoms with E-state index in [9.17, 15) is 9.18 Å². The van der Waals surface area contributed by atoms with E-state index < -0.39 is 0 Å². The van der Waals surface area contributed by atoms with E-state index >= 15 is 0 Å². The van der Waals surface area contributed by atoms with Crippen LogP contribution >= 0.6 is 0 Å². The SMILES string of the molecule is N#Cc1ccc(OC2CN(Cc3cn4c(-c5ccc(F)cc5)ncc4c(=O)[nH]3)C2)cc1. The predicted octanol–water partition coefficient (Wildman–Crippen LogP) is 2.96. The van der Waals surface area contributed by atoms with E-state index in [0.29, 0.717) is 23.4 Å². The van der Waals surface area contributed by atoms with Crippen LogP contribution in [0, 0.1) is 17.1 Å². The van der Waals surface area contributed by atoms with Crippen LogP contribution in [-0.4, -0.2) is 38.5 Å². The Labute approximate surface area is 177 Å². The molecule has 8 heteroatoms. The van der Waals surface area contributed by atoms with Gasteiger partial charge in [0, 0.05) is 37.1 Å². The monoisotopic (exact) mass is 415 g/mol. The van der Waals surface area contributed by atoms with E-state index in [0.717, 1.165) is 30.1 Å². The number of aromatic amines is 1. The summed E-state index contributed by atoms with van der Waals surface area (Å²) in [4.78, 5) is 21.9. The molecule has 0 bridgehead atoms. The largest absolute Gasteiger partial charge is 0.488 e. The minimum absolute atomic E-state index is 0.0615. The quantitative estimate of drug-likeness (QED) is 0.542. The molecular weight excluding hydrogens is 397 g/mol. The Morgan fingerprint density at radius 2 is 1.90 bits per heavy atom. The van der Waals surface area contributed by atoms with E-state index in [2.05, 4.69) is 20.9 Å². The van der Waals surface area contributed by atoms with Crippen LogP contribution in [0.1, 0.15) is 11.3 Å². The number of ether oxygens (including phenoxy) is 1. The minimum Gasteiger partial charge on any atom is -0.488 e. The van der Waals surface area contributed by atoms with Crippen molar-refractivity contribution in [3.05, 3.63) is 88.4 Å². The lowest BCUT2D eigenvalue weighted by atomic mass is 10.1. The van der Waals surface area contributed by atoms with Crippen molar-refractivity contribution < 1.29 is 9.13 Å². The molecule has 2 aromatic heterocycles. The van der Waals surface area contributed by atoms with E-state index in [1.54, 1.807) is 40.8 Å². The average Bonchev–Trinajstić information content (AvgIpc) is 3.18. The molecule has 1 saturated heterocycles. The van der Waals surface area contributed by atoms with Crippen molar-refractivity contribution in [2.75, 3.05) is 13.1 Å². The second-order valence-corrected chi connectivity index (χ2v) is 7.52. The first-order valence-electron chi connectivity index (χ1n) is 9.83. The molecule has 0 aliphatic carbocycles. The third kappa shape index (κ3) is 3.79. The van der Waals surface area contributed by atoms with Gasteiger partial charge in [0.25, 0.3) is 5.56 Å². The Bertz CT molecular complexity index is 1330. The van der Waals surface area contributed by atoms with Gasteiger partial charge in [-0.25, -0.2) is 9.37 Å². The van der Waals surface area contributed by atoms with E-state index in [1.165, 1.54) is 18.3 Å². The molecular formula is C23H18FN5O2. The number of nitrogens with one attached hydrogen (secondary N) is 1. The van der Waals surface area contributed by atoms with Crippen LogP contribution in [0.4, 0.5) is 4.39 Å². The fourth-order valence-electron chi connectivity index (χ4n) is 3.72. The summed E-state index contributed by atoms with van der Waals surface area (Å²) < 4.78 is 20.9. The number of H-pyrrole nitrogens is 1. The summed E-state index contributed by atoms with van der Waals surface area (Å²) in [6.07, 6.45) is 3.44. The molecule has 1 N–H and O–H groups in total. The van der Waals surface area contributed by atoms with Crippen molar-refractivity contribution in [2.45, 2.75) is 12.6 Å². The molecule has 1 fully saturated rings. The highest BCUT2D eigenvalue weighted by molar-refractivity contribution is 5.61. The highest BCUT2D eigenvalue weighted by Gasteiger charge is 2.28. The zero-order valence-corrected chi connectivity index (χ0v) is 16.5. The molecule has 5 rings (SSSR count). The molecule has 2 aromatic carbocycles. The number of rotatable bonds is 5. The third-order valence-corrected chi connectivity index (χ3v) is 5.29. The van der Waals surface area contributed by atoms with Gasteiger partial charge in [0.1, 0.15) is 29.0 Å². The van der Waals surface area contributed by atoms with Crippen LogP contribution in [0.5, 0.6) is 5.75 Å². The minimum atomic E-state index is -0.321. The highest BCUT2D eigenvalue weighted by atomic mass is 19.1. The van der Waals surface area contributed by atoms with E-state index in [4.69, 9.17) is 10.00 Å². The summed E-state index contributed by atoms with van der Waals surface area (Å²) in [7, 11) is 0. The smallest absolute Gasteiger partial charge is 0.274 e. The summed E-state index contributed by atoms with van der Waals surface area (Å²) >= 11 is 0. The molecule has 1 aliphatic heterocycles.